The first kappa shape index (κ1) is 19.4. The van der Waals surface area contributed by atoms with Crippen molar-refractivity contribution >= 4 is 0 Å². The summed E-state index contributed by atoms with van der Waals surface area (Å²) in [7, 11) is 1.64. The van der Waals surface area contributed by atoms with Crippen LogP contribution in [0.15, 0.2) is 65.5 Å². The first-order valence-corrected chi connectivity index (χ1v) is 9.55. The van der Waals surface area contributed by atoms with E-state index in [9.17, 15) is 4.79 Å². The Hall–Kier alpha value is -3.94. The number of nitrogens with zero attached hydrogens (tertiary/aromatic N) is 4. The van der Waals surface area contributed by atoms with E-state index in [1.165, 1.54) is 4.68 Å². The molecule has 8 heteroatoms. The number of H-pyrrole nitrogens is 1. The number of methoxy groups -OCH3 is 1. The summed E-state index contributed by atoms with van der Waals surface area (Å²) in [6, 6.07) is 19.0. The van der Waals surface area contributed by atoms with Gasteiger partial charge in [0.2, 0.25) is 5.88 Å². The Bertz CT molecular complexity index is 1200. The Balaban J connectivity index is 1.61. The minimum atomic E-state index is -0.399. The number of rotatable bonds is 7. The second-order valence-electron chi connectivity index (χ2n) is 6.56. The molecule has 2 aromatic carbocycles. The highest BCUT2D eigenvalue weighted by molar-refractivity contribution is 5.60. The first-order chi connectivity index (χ1) is 14.7. The van der Waals surface area contributed by atoms with E-state index in [-0.39, 0.29) is 6.61 Å². The first-order valence-electron chi connectivity index (χ1n) is 9.55. The highest BCUT2D eigenvalue weighted by atomic mass is 16.5. The number of ether oxygens (including phenoxy) is 2. The number of tetrazole rings is 1. The average Bonchev–Trinajstić information content (AvgIpc) is 3.23. The zero-order chi connectivity index (χ0) is 20.9. The summed E-state index contributed by atoms with van der Waals surface area (Å²) in [5.74, 6) is 1.28. The smallest absolute Gasteiger partial charge is 0.365 e. The summed E-state index contributed by atoms with van der Waals surface area (Å²) in [6.07, 6.45) is 0.790. The van der Waals surface area contributed by atoms with Crippen molar-refractivity contribution in [1.29, 1.82) is 0 Å². The molecule has 0 unspecified atom stereocenters. The van der Waals surface area contributed by atoms with Crippen molar-refractivity contribution in [1.82, 2.24) is 25.2 Å². The number of hydrogen-bond donors (Lipinski definition) is 1. The van der Waals surface area contributed by atoms with Crippen molar-refractivity contribution in [2.45, 2.75) is 20.0 Å². The summed E-state index contributed by atoms with van der Waals surface area (Å²) in [4.78, 5) is 16.6. The molecule has 152 valence electrons. The third-order valence-corrected chi connectivity index (χ3v) is 4.80. The van der Waals surface area contributed by atoms with E-state index >= 15 is 0 Å². The zero-order valence-electron chi connectivity index (χ0n) is 16.7. The maximum Gasteiger partial charge on any atom is 0.365 e. The molecule has 0 amide bonds. The minimum absolute atomic E-state index is 0.248. The van der Waals surface area contributed by atoms with Crippen molar-refractivity contribution in [2.75, 3.05) is 7.11 Å². The number of hydrogen-bond acceptors (Lipinski definition) is 6. The predicted octanol–water partition coefficient (Wildman–Crippen LogP) is 3.17. The molecule has 0 saturated heterocycles. The summed E-state index contributed by atoms with van der Waals surface area (Å²) in [5.41, 5.74) is 3.93. The Labute approximate surface area is 173 Å². The van der Waals surface area contributed by atoms with Gasteiger partial charge in [0.15, 0.2) is 0 Å². The molecule has 30 heavy (non-hydrogen) atoms. The van der Waals surface area contributed by atoms with Gasteiger partial charge in [0.25, 0.3) is 0 Å². The lowest BCUT2D eigenvalue weighted by atomic mass is 10.0. The number of aromatic nitrogens is 5. The Morgan fingerprint density at radius 3 is 2.53 bits per heavy atom. The quantitative estimate of drug-likeness (QED) is 0.509. The molecule has 0 spiro atoms. The van der Waals surface area contributed by atoms with E-state index in [1.54, 1.807) is 7.11 Å². The molecule has 0 saturated carbocycles. The molecule has 0 aliphatic heterocycles. The summed E-state index contributed by atoms with van der Waals surface area (Å²) in [6.45, 7) is 2.30. The Morgan fingerprint density at radius 2 is 1.83 bits per heavy atom. The SMILES string of the molecule is CCc1cccc(-n2nn[nH]c2=O)c1COc1cccc(-c2ccc(OC)cc2)n1. The van der Waals surface area contributed by atoms with E-state index < -0.39 is 5.69 Å². The van der Waals surface area contributed by atoms with Crippen molar-refractivity contribution < 1.29 is 9.47 Å². The van der Waals surface area contributed by atoms with E-state index in [4.69, 9.17) is 9.47 Å². The average molecular weight is 403 g/mol. The second-order valence-corrected chi connectivity index (χ2v) is 6.56. The van der Waals surface area contributed by atoms with Crippen LogP contribution in [0.4, 0.5) is 0 Å². The lowest BCUT2D eigenvalue weighted by Gasteiger charge is -2.14. The highest BCUT2D eigenvalue weighted by Crippen LogP contribution is 2.24. The molecule has 0 fully saturated rings. The molecule has 8 nitrogen and oxygen atoms in total. The fraction of sp³-hybridized carbons (Fsp3) is 0.182. The van der Waals surface area contributed by atoms with E-state index in [0.29, 0.717) is 11.6 Å². The van der Waals surface area contributed by atoms with Gasteiger partial charge in [-0.2, -0.15) is 4.68 Å². The van der Waals surface area contributed by atoms with Crippen molar-refractivity contribution in [2.24, 2.45) is 0 Å². The van der Waals surface area contributed by atoms with Gasteiger partial charge in [0.1, 0.15) is 12.4 Å². The fourth-order valence-corrected chi connectivity index (χ4v) is 3.24. The van der Waals surface area contributed by atoms with E-state index in [2.05, 4.69) is 27.4 Å². The van der Waals surface area contributed by atoms with Crippen molar-refractivity contribution in [3.05, 3.63) is 82.3 Å². The molecule has 4 rings (SSSR count). The third-order valence-electron chi connectivity index (χ3n) is 4.80. The number of aryl methyl sites for hydroxylation is 1. The summed E-state index contributed by atoms with van der Waals surface area (Å²) in [5, 5.41) is 9.77. The molecule has 0 aliphatic rings. The third kappa shape index (κ3) is 3.93. The van der Waals surface area contributed by atoms with Crippen LogP contribution in [0, 0.1) is 0 Å². The van der Waals surface area contributed by atoms with Crippen LogP contribution in [0.3, 0.4) is 0 Å². The van der Waals surface area contributed by atoms with Gasteiger partial charge in [-0.3, -0.25) is 0 Å². The van der Waals surface area contributed by atoms with Gasteiger partial charge in [0.05, 0.1) is 18.5 Å². The summed E-state index contributed by atoms with van der Waals surface area (Å²) < 4.78 is 12.5. The standard InChI is InChI=1S/C22H21N5O3/c1-3-15-6-4-8-20(27-22(28)24-25-26-27)18(15)14-30-21-9-5-7-19(23-21)16-10-12-17(29-2)13-11-16/h4-13H,3,14H2,1-2H3,(H,24,26,28). The molecule has 1 N–H and O–H groups in total. The van der Waals surface area contributed by atoms with Gasteiger partial charge >= 0.3 is 5.69 Å². The number of nitrogens with one attached hydrogen (secondary N) is 1. The van der Waals surface area contributed by atoms with Gasteiger partial charge in [-0.1, -0.05) is 25.1 Å². The topological polar surface area (TPSA) is 94.9 Å². The van der Waals surface area contributed by atoms with Crippen LogP contribution in [0.25, 0.3) is 16.9 Å². The van der Waals surface area contributed by atoms with Crippen LogP contribution in [-0.2, 0) is 13.0 Å². The van der Waals surface area contributed by atoms with Gasteiger partial charge in [0, 0.05) is 17.2 Å². The predicted molar refractivity (Wildman–Crippen MR) is 112 cm³/mol. The van der Waals surface area contributed by atoms with Crippen LogP contribution >= 0.6 is 0 Å². The van der Waals surface area contributed by atoms with Gasteiger partial charge < -0.3 is 9.47 Å². The normalized spacial score (nSPS) is 10.7. The number of benzene rings is 2. The van der Waals surface area contributed by atoms with E-state index in [1.807, 2.05) is 60.7 Å². The molecular formula is C22H21N5O3. The lowest BCUT2D eigenvalue weighted by Crippen LogP contribution is -2.19. The minimum Gasteiger partial charge on any atom is -0.497 e. The van der Waals surface area contributed by atoms with Crippen LogP contribution < -0.4 is 15.2 Å². The molecule has 2 aromatic heterocycles. The fourth-order valence-electron chi connectivity index (χ4n) is 3.24. The van der Waals surface area contributed by atoms with Crippen LogP contribution in [0.1, 0.15) is 18.1 Å². The Kier molecular flexibility index (Phi) is 5.56. The van der Waals surface area contributed by atoms with Crippen LogP contribution in [-0.4, -0.2) is 32.3 Å². The maximum atomic E-state index is 12.0. The molecular weight excluding hydrogens is 382 g/mol. The molecule has 0 aliphatic carbocycles. The van der Waals surface area contributed by atoms with Gasteiger partial charge in [-0.15, -0.1) is 0 Å². The molecule has 0 atom stereocenters. The summed E-state index contributed by atoms with van der Waals surface area (Å²) >= 11 is 0. The van der Waals surface area contributed by atoms with Crippen molar-refractivity contribution in [3.8, 4) is 28.6 Å². The lowest BCUT2D eigenvalue weighted by molar-refractivity contribution is 0.292. The van der Waals surface area contributed by atoms with Crippen LogP contribution in [0.5, 0.6) is 11.6 Å². The monoisotopic (exact) mass is 403 g/mol. The number of aromatic amines is 1. The molecule has 0 bridgehead atoms. The van der Waals surface area contributed by atoms with Crippen molar-refractivity contribution in [3.63, 3.8) is 0 Å². The Morgan fingerprint density at radius 1 is 1.03 bits per heavy atom. The van der Waals surface area contributed by atoms with Gasteiger partial charge in [-0.25, -0.2) is 14.9 Å². The number of pyridine rings is 1. The molecule has 0 radical (unpaired) electrons. The molecule has 2 heterocycles. The van der Waals surface area contributed by atoms with Crippen LogP contribution in [0.2, 0.25) is 0 Å². The maximum absolute atomic E-state index is 12.0. The largest absolute Gasteiger partial charge is 0.497 e. The van der Waals surface area contributed by atoms with E-state index in [0.717, 1.165) is 34.6 Å². The molecule has 4 aromatic rings. The second kappa shape index (κ2) is 8.60. The zero-order valence-corrected chi connectivity index (χ0v) is 16.7. The van der Waals surface area contributed by atoms with Gasteiger partial charge in [-0.05, 0) is 58.8 Å². The highest BCUT2D eigenvalue weighted by Gasteiger charge is 2.14.